The molecule has 0 aromatic heterocycles. The van der Waals surface area contributed by atoms with Gasteiger partial charge < -0.3 is 24.1 Å². The van der Waals surface area contributed by atoms with E-state index in [4.69, 9.17) is 18.9 Å². The highest BCUT2D eigenvalue weighted by Crippen LogP contribution is 2.43. The lowest BCUT2D eigenvalue weighted by molar-refractivity contribution is -0.246. The molecule has 5 nitrogen and oxygen atoms in total. The fourth-order valence-electron chi connectivity index (χ4n) is 2.49. The number of hydrogen-bond donors (Lipinski definition) is 1. The highest BCUT2D eigenvalue weighted by Gasteiger charge is 2.60. The molecule has 0 spiro atoms. The summed E-state index contributed by atoms with van der Waals surface area (Å²) in [5, 5.41) is 9.52. The Balaban J connectivity index is 2.06. The molecule has 2 rings (SSSR count). The van der Waals surface area contributed by atoms with E-state index < -0.39 is 17.7 Å². The van der Waals surface area contributed by atoms with Gasteiger partial charge in [-0.2, -0.15) is 0 Å². The molecule has 2 heterocycles. The van der Waals surface area contributed by atoms with E-state index in [0.29, 0.717) is 6.61 Å². The van der Waals surface area contributed by atoms with Gasteiger partial charge in [0, 0.05) is 6.61 Å². The van der Waals surface area contributed by atoms with Crippen LogP contribution >= 0.6 is 0 Å². The summed E-state index contributed by atoms with van der Waals surface area (Å²) in [6, 6.07) is 0. The Morgan fingerprint density at radius 1 is 1.17 bits per heavy atom. The Kier molecular flexibility index (Phi) is 3.99. The molecule has 0 bridgehead atoms. The SMILES string of the molecule is CCCCO[C@H]1[C@H]2OC(C)(C)O[C@H]2O[C@@]1(C)CO. The van der Waals surface area contributed by atoms with Gasteiger partial charge in [0.25, 0.3) is 0 Å². The Morgan fingerprint density at radius 3 is 2.50 bits per heavy atom. The first-order valence-electron chi connectivity index (χ1n) is 6.68. The van der Waals surface area contributed by atoms with Crippen LogP contribution in [0.25, 0.3) is 0 Å². The predicted molar refractivity (Wildman–Crippen MR) is 65.0 cm³/mol. The number of fused-ring (bicyclic) bond motifs is 1. The van der Waals surface area contributed by atoms with Crippen molar-refractivity contribution in [1.29, 1.82) is 0 Å². The third kappa shape index (κ3) is 2.56. The van der Waals surface area contributed by atoms with Crippen LogP contribution in [0.4, 0.5) is 0 Å². The quantitative estimate of drug-likeness (QED) is 0.758. The molecule has 0 aromatic rings. The first kappa shape index (κ1) is 14.2. The van der Waals surface area contributed by atoms with E-state index in [-0.39, 0.29) is 18.8 Å². The average molecular weight is 260 g/mol. The van der Waals surface area contributed by atoms with Crippen molar-refractivity contribution < 1.29 is 24.1 Å². The molecule has 2 aliphatic heterocycles. The van der Waals surface area contributed by atoms with E-state index >= 15 is 0 Å². The maximum Gasteiger partial charge on any atom is 0.190 e. The van der Waals surface area contributed by atoms with Crippen molar-refractivity contribution in [2.45, 2.75) is 70.4 Å². The lowest BCUT2D eigenvalue weighted by Gasteiger charge is -2.32. The Hall–Kier alpha value is -0.200. The van der Waals surface area contributed by atoms with Crippen LogP contribution in [0, 0.1) is 0 Å². The van der Waals surface area contributed by atoms with Crippen LogP contribution in [0.3, 0.4) is 0 Å². The highest BCUT2D eigenvalue weighted by atomic mass is 16.8. The summed E-state index contributed by atoms with van der Waals surface area (Å²) in [4.78, 5) is 0. The third-order valence-corrected chi connectivity index (χ3v) is 3.48. The van der Waals surface area contributed by atoms with Gasteiger partial charge in [-0.3, -0.25) is 0 Å². The third-order valence-electron chi connectivity index (χ3n) is 3.48. The molecule has 2 fully saturated rings. The summed E-state index contributed by atoms with van der Waals surface area (Å²) in [7, 11) is 0. The predicted octanol–water partition coefficient (Wildman–Crippen LogP) is 1.43. The Bertz CT molecular complexity index is 293. The molecular weight excluding hydrogens is 236 g/mol. The minimum atomic E-state index is -0.750. The van der Waals surface area contributed by atoms with E-state index in [1.54, 1.807) is 0 Å². The van der Waals surface area contributed by atoms with Crippen LogP contribution in [-0.2, 0) is 18.9 Å². The summed E-state index contributed by atoms with van der Waals surface area (Å²) >= 11 is 0. The van der Waals surface area contributed by atoms with Crippen LogP contribution < -0.4 is 0 Å². The van der Waals surface area contributed by atoms with Crippen molar-refractivity contribution in [1.82, 2.24) is 0 Å². The molecule has 4 atom stereocenters. The van der Waals surface area contributed by atoms with Gasteiger partial charge in [0.2, 0.25) is 0 Å². The monoisotopic (exact) mass is 260 g/mol. The average Bonchev–Trinajstić information content (AvgIpc) is 2.70. The maximum atomic E-state index is 9.52. The van der Waals surface area contributed by atoms with Crippen molar-refractivity contribution in [2.75, 3.05) is 13.2 Å². The van der Waals surface area contributed by atoms with Crippen molar-refractivity contribution in [3.8, 4) is 0 Å². The van der Waals surface area contributed by atoms with Crippen LogP contribution in [0.5, 0.6) is 0 Å². The van der Waals surface area contributed by atoms with Gasteiger partial charge in [-0.25, -0.2) is 0 Å². The number of unbranched alkanes of at least 4 members (excludes halogenated alkanes) is 1. The lowest BCUT2D eigenvalue weighted by Crippen LogP contribution is -2.47. The van der Waals surface area contributed by atoms with Gasteiger partial charge in [-0.05, 0) is 27.2 Å². The molecule has 2 aliphatic rings. The van der Waals surface area contributed by atoms with Crippen molar-refractivity contribution >= 4 is 0 Å². The number of rotatable bonds is 5. The zero-order valence-corrected chi connectivity index (χ0v) is 11.6. The smallest absolute Gasteiger partial charge is 0.190 e. The van der Waals surface area contributed by atoms with E-state index in [9.17, 15) is 5.11 Å². The van der Waals surface area contributed by atoms with Crippen LogP contribution in [0.2, 0.25) is 0 Å². The maximum absolute atomic E-state index is 9.52. The zero-order valence-electron chi connectivity index (χ0n) is 11.6. The number of hydrogen-bond acceptors (Lipinski definition) is 5. The lowest BCUT2D eigenvalue weighted by atomic mass is 9.98. The Labute approximate surface area is 108 Å². The van der Waals surface area contributed by atoms with Gasteiger partial charge >= 0.3 is 0 Å². The molecule has 18 heavy (non-hydrogen) atoms. The fourth-order valence-corrected chi connectivity index (χ4v) is 2.49. The molecule has 0 unspecified atom stereocenters. The molecule has 1 N–H and O–H groups in total. The largest absolute Gasteiger partial charge is 0.393 e. The van der Waals surface area contributed by atoms with E-state index in [1.165, 1.54) is 0 Å². The molecule has 5 heteroatoms. The summed E-state index contributed by atoms with van der Waals surface area (Å²) in [5.74, 6) is -0.654. The standard InChI is InChI=1S/C13H24O5/c1-5-6-7-15-10-9-11(17-12(2,3)16-9)18-13(10,4)8-14/h9-11,14H,5-8H2,1-4H3/t9-,10+,11+,13+/m1/s1. The van der Waals surface area contributed by atoms with Crippen LogP contribution in [-0.4, -0.2) is 48.2 Å². The van der Waals surface area contributed by atoms with Crippen molar-refractivity contribution in [2.24, 2.45) is 0 Å². The number of ether oxygens (including phenoxy) is 4. The van der Waals surface area contributed by atoms with E-state index in [0.717, 1.165) is 12.8 Å². The summed E-state index contributed by atoms with van der Waals surface area (Å²) < 4.78 is 23.1. The topological polar surface area (TPSA) is 57.2 Å². The van der Waals surface area contributed by atoms with Crippen LogP contribution in [0.15, 0.2) is 0 Å². The fraction of sp³-hybridized carbons (Fsp3) is 1.00. The summed E-state index contributed by atoms with van der Waals surface area (Å²) in [5.41, 5.74) is -0.750. The molecule has 0 aromatic carbocycles. The molecular formula is C13H24O5. The van der Waals surface area contributed by atoms with Crippen molar-refractivity contribution in [3.05, 3.63) is 0 Å². The second kappa shape index (κ2) is 5.06. The molecule has 0 amide bonds. The number of aliphatic hydroxyl groups excluding tert-OH is 1. The van der Waals surface area contributed by atoms with E-state index in [1.807, 2.05) is 20.8 Å². The van der Waals surface area contributed by atoms with Crippen molar-refractivity contribution in [3.63, 3.8) is 0 Å². The normalized spacial score (nSPS) is 42.2. The molecule has 0 saturated carbocycles. The Morgan fingerprint density at radius 2 is 1.89 bits per heavy atom. The highest BCUT2D eigenvalue weighted by molar-refractivity contribution is 5.01. The van der Waals surface area contributed by atoms with Gasteiger partial charge in [-0.15, -0.1) is 0 Å². The van der Waals surface area contributed by atoms with Crippen LogP contribution in [0.1, 0.15) is 40.5 Å². The second-order valence-corrected chi connectivity index (χ2v) is 5.70. The van der Waals surface area contributed by atoms with Gasteiger partial charge in [0.1, 0.15) is 17.8 Å². The van der Waals surface area contributed by atoms with Gasteiger partial charge in [0.05, 0.1) is 6.61 Å². The van der Waals surface area contributed by atoms with Gasteiger partial charge in [0.15, 0.2) is 12.1 Å². The van der Waals surface area contributed by atoms with Gasteiger partial charge in [-0.1, -0.05) is 13.3 Å². The summed E-state index contributed by atoms with van der Waals surface area (Å²) in [6.45, 7) is 8.20. The zero-order chi connectivity index (χ0) is 13.4. The second-order valence-electron chi connectivity index (χ2n) is 5.70. The molecule has 0 radical (unpaired) electrons. The first-order valence-corrected chi connectivity index (χ1v) is 6.68. The van der Waals surface area contributed by atoms with E-state index in [2.05, 4.69) is 6.92 Å². The molecule has 106 valence electrons. The minimum absolute atomic E-state index is 0.107. The molecule has 0 aliphatic carbocycles. The minimum Gasteiger partial charge on any atom is -0.393 e. The summed E-state index contributed by atoms with van der Waals surface area (Å²) in [6.07, 6.45) is 1.04. The number of aliphatic hydroxyl groups is 1. The first-order chi connectivity index (χ1) is 8.42. The molecule has 2 saturated heterocycles.